The molecular formula is C16H25N3. The first-order valence-corrected chi connectivity index (χ1v) is 7.76. The highest BCUT2D eigenvalue weighted by Crippen LogP contribution is 2.38. The summed E-state index contributed by atoms with van der Waals surface area (Å²) in [6.45, 7) is 4.77. The second-order valence-electron chi connectivity index (χ2n) is 6.79. The summed E-state index contributed by atoms with van der Waals surface area (Å²) in [4.78, 5) is 8.99. The molecule has 19 heavy (non-hydrogen) atoms. The van der Waals surface area contributed by atoms with E-state index in [9.17, 15) is 0 Å². The van der Waals surface area contributed by atoms with E-state index in [0.29, 0.717) is 11.5 Å². The third-order valence-electron chi connectivity index (χ3n) is 4.94. The van der Waals surface area contributed by atoms with Crippen LogP contribution < -0.4 is 5.32 Å². The molecule has 3 rings (SSSR count). The van der Waals surface area contributed by atoms with Crippen LogP contribution in [-0.2, 0) is 12.8 Å². The Morgan fingerprint density at radius 3 is 2.79 bits per heavy atom. The Hall–Kier alpha value is -1.12. The van der Waals surface area contributed by atoms with Crippen LogP contribution in [0.3, 0.4) is 0 Å². The predicted octanol–water partition coefficient (Wildman–Crippen LogP) is 3.74. The average molecular weight is 259 g/mol. The molecule has 1 fully saturated rings. The molecule has 3 heteroatoms. The number of aromatic nitrogens is 2. The smallest absolute Gasteiger partial charge is 0.133 e. The van der Waals surface area contributed by atoms with Crippen molar-refractivity contribution in [3.63, 3.8) is 0 Å². The van der Waals surface area contributed by atoms with Gasteiger partial charge in [0.15, 0.2) is 0 Å². The maximum atomic E-state index is 4.53. The maximum Gasteiger partial charge on any atom is 0.133 e. The highest BCUT2D eigenvalue weighted by atomic mass is 15.1. The minimum atomic E-state index is 0.380. The first-order chi connectivity index (χ1) is 9.17. The summed E-state index contributed by atoms with van der Waals surface area (Å²) in [6, 6.07) is 0.558. The zero-order valence-electron chi connectivity index (χ0n) is 12.2. The molecule has 0 aliphatic heterocycles. The van der Waals surface area contributed by atoms with Crippen molar-refractivity contribution < 1.29 is 0 Å². The molecule has 1 aromatic heterocycles. The molecule has 104 valence electrons. The lowest BCUT2D eigenvalue weighted by Crippen LogP contribution is -2.39. The van der Waals surface area contributed by atoms with E-state index in [1.807, 2.05) is 0 Å². The zero-order chi connectivity index (χ0) is 13.3. The van der Waals surface area contributed by atoms with Crippen LogP contribution in [0.5, 0.6) is 0 Å². The van der Waals surface area contributed by atoms with Crippen LogP contribution in [0.4, 0.5) is 5.82 Å². The van der Waals surface area contributed by atoms with Crippen molar-refractivity contribution in [2.24, 2.45) is 5.41 Å². The molecule has 0 bridgehead atoms. The summed E-state index contributed by atoms with van der Waals surface area (Å²) >= 11 is 0. The van der Waals surface area contributed by atoms with Crippen LogP contribution in [0.25, 0.3) is 0 Å². The Bertz CT molecular complexity index is 453. The largest absolute Gasteiger partial charge is 0.366 e. The number of aryl methyl sites for hydroxylation is 1. The molecule has 0 radical (unpaired) electrons. The van der Waals surface area contributed by atoms with E-state index in [2.05, 4.69) is 29.1 Å². The summed E-state index contributed by atoms with van der Waals surface area (Å²) in [5.41, 5.74) is 3.04. The average Bonchev–Trinajstić information content (AvgIpc) is 2.41. The highest BCUT2D eigenvalue weighted by Gasteiger charge is 2.33. The molecule has 2 aliphatic rings. The fraction of sp³-hybridized carbons (Fsp3) is 0.750. The molecule has 1 atom stereocenters. The molecule has 1 unspecified atom stereocenters. The van der Waals surface area contributed by atoms with Crippen molar-refractivity contribution in [2.45, 2.75) is 71.3 Å². The normalized spacial score (nSPS) is 25.7. The van der Waals surface area contributed by atoms with Crippen LogP contribution in [0.2, 0.25) is 0 Å². The van der Waals surface area contributed by atoms with Crippen LogP contribution >= 0.6 is 0 Å². The minimum Gasteiger partial charge on any atom is -0.366 e. The molecule has 2 aliphatic carbocycles. The summed E-state index contributed by atoms with van der Waals surface area (Å²) in [6.07, 6.45) is 11.9. The van der Waals surface area contributed by atoms with Gasteiger partial charge in [-0.3, -0.25) is 0 Å². The van der Waals surface area contributed by atoms with E-state index in [1.54, 1.807) is 6.33 Å². The van der Waals surface area contributed by atoms with Crippen LogP contribution in [0, 0.1) is 5.41 Å². The number of fused-ring (bicyclic) bond motifs is 1. The maximum absolute atomic E-state index is 4.53. The lowest BCUT2D eigenvalue weighted by atomic mass is 9.73. The lowest BCUT2D eigenvalue weighted by molar-refractivity contribution is 0.216. The summed E-state index contributed by atoms with van der Waals surface area (Å²) in [5.74, 6) is 1.12. The van der Waals surface area contributed by atoms with Gasteiger partial charge in [0.25, 0.3) is 0 Å². The molecule has 1 saturated carbocycles. The first-order valence-electron chi connectivity index (χ1n) is 7.76. The first kappa shape index (κ1) is 12.9. The molecule has 1 N–H and O–H groups in total. The van der Waals surface area contributed by atoms with E-state index < -0.39 is 0 Å². The molecule has 1 heterocycles. The van der Waals surface area contributed by atoms with E-state index in [1.165, 1.54) is 49.8 Å². The third-order valence-corrected chi connectivity index (χ3v) is 4.94. The van der Waals surface area contributed by atoms with Gasteiger partial charge in [0.1, 0.15) is 12.1 Å². The summed E-state index contributed by atoms with van der Waals surface area (Å²) < 4.78 is 0. The summed E-state index contributed by atoms with van der Waals surface area (Å²) in [5, 5.41) is 3.75. The van der Waals surface area contributed by atoms with E-state index in [4.69, 9.17) is 0 Å². The van der Waals surface area contributed by atoms with Crippen molar-refractivity contribution >= 4 is 5.82 Å². The Morgan fingerprint density at radius 1 is 1.11 bits per heavy atom. The lowest BCUT2D eigenvalue weighted by Gasteiger charge is -2.39. The van der Waals surface area contributed by atoms with Crippen LogP contribution in [0.1, 0.15) is 63.6 Å². The molecule has 0 aromatic carbocycles. The van der Waals surface area contributed by atoms with Crippen molar-refractivity contribution in [2.75, 3.05) is 5.32 Å². The Balaban J connectivity index is 1.83. The number of nitrogens with zero attached hydrogens (tertiary/aromatic N) is 2. The van der Waals surface area contributed by atoms with Gasteiger partial charge in [-0.2, -0.15) is 0 Å². The van der Waals surface area contributed by atoms with Gasteiger partial charge in [0, 0.05) is 17.3 Å². The third kappa shape index (κ3) is 2.60. The SMILES string of the molecule is CC1(C)CCCCC1Nc1ncnc2c1CCCC2. The Kier molecular flexibility index (Phi) is 3.46. The zero-order valence-corrected chi connectivity index (χ0v) is 12.2. The van der Waals surface area contributed by atoms with E-state index in [-0.39, 0.29) is 0 Å². The van der Waals surface area contributed by atoms with Gasteiger partial charge in [-0.1, -0.05) is 26.7 Å². The Morgan fingerprint density at radius 2 is 1.95 bits per heavy atom. The van der Waals surface area contributed by atoms with Crippen LogP contribution in [-0.4, -0.2) is 16.0 Å². The minimum absolute atomic E-state index is 0.380. The number of hydrogen-bond acceptors (Lipinski definition) is 3. The van der Waals surface area contributed by atoms with Crippen molar-refractivity contribution in [1.29, 1.82) is 0 Å². The fourth-order valence-electron chi connectivity index (χ4n) is 3.57. The van der Waals surface area contributed by atoms with Gasteiger partial charge in [0.05, 0.1) is 0 Å². The number of hydrogen-bond donors (Lipinski definition) is 1. The highest BCUT2D eigenvalue weighted by molar-refractivity contribution is 5.48. The molecular weight excluding hydrogens is 234 g/mol. The topological polar surface area (TPSA) is 37.8 Å². The quantitative estimate of drug-likeness (QED) is 0.879. The molecule has 1 aromatic rings. The van der Waals surface area contributed by atoms with Crippen molar-refractivity contribution in [3.8, 4) is 0 Å². The van der Waals surface area contributed by atoms with Gasteiger partial charge < -0.3 is 5.32 Å². The van der Waals surface area contributed by atoms with Gasteiger partial charge >= 0.3 is 0 Å². The fourth-order valence-corrected chi connectivity index (χ4v) is 3.57. The standard InChI is InChI=1S/C16H25N3/c1-16(2)10-6-5-9-14(16)19-15-12-7-3-4-8-13(12)17-11-18-15/h11,14H,3-10H2,1-2H3,(H,17,18,19). The number of nitrogens with one attached hydrogen (secondary N) is 1. The van der Waals surface area contributed by atoms with Gasteiger partial charge in [0.2, 0.25) is 0 Å². The van der Waals surface area contributed by atoms with Crippen LogP contribution in [0.15, 0.2) is 6.33 Å². The van der Waals surface area contributed by atoms with Gasteiger partial charge in [-0.25, -0.2) is 9.97 Å². The second kappa shape index (κ2) is 5.10. The summed E-state index contributed by atoms with van der Waals surface area (Å²) in [7, 11) is 0. The molecule has 0 saturated heterocycles. The Labute approximate surface area is 116 Å². The monoisotopic (exact) mass is 259 g/mol. The van der Waals surface area contributed by atoms with E-state index in [0.717, 1.165) is 18.7 Å². The number of rotatable bonds is 2. The molecule has 0 amide bonds. The number of anilines is 1. The van der Waals surface area contributed by atoms with Gasteiger partial charge in [-0.15, -0.1) is 0 Å². The van der Waals surface area contributed by atoms with Crippen molar-refractivity contribution in [3.05, 3.63) is 17.6 Å². The predicted molar refractivity (Wildman–Crippen MR) is 78.3 cm³/mol. The molecule has 0 spiro atoms. The second-order valence-corrected chi connectivity index (χ2v) is 6.79. The van der Waals surface area contributed by atoms with Gasteiger partial charge in [-0.05, 0) is 43.9 Å². The van der Waals surface area contributed by atoms with Crippen molar-refractivity contribution in [1.82, 2.24) is 9.97 Å². The van der Waals surface area contributed by atoms with E-state index >= 15 is 0 Å². The molecule has 3 nitrogen and oxygen atoms in total.